The SMILES string of the molecule is CC/C=C\C/C=C\C/C=C\C/C=C\C/C=C\C/C=C\C/C=C\CCCCCCCCCCCC(=O)OCC(COC(=O)CCCCCCCCC)OC(=O)CCCCCCC/C=C\C/C=C\CCCCC. The van der Waals surface area contributed by atoms with Crippen LogP contribution >= 0.6 is 0 Å². The van der Waals surface area contributed by atoms with E-state index in [9.17, 15) is 14.4 Å². The molecule has 0 fully saturated rings. The number of carbonyl (C=O) groups excluding carboxylic acids is 3. The minimum atomic E-state index is -0.785. The molecule has 71 heavy (non-hydrogen) atoms. The van der Waals surface area contributed by atoms with Gasteiger partial charge in [-0.2, -0.15) is 0 Å². The van der Waals surface area contributed by atoms with Crippen molar-refractivity contribution in [3.05, 3.63) is 109 Å². The Hall–Kier alpha value is -3.93. The second-order valence-corrected chi connectivity index (χ2v) is 19.2. The standard InChI is InChI=1S/C65H108O6/c1-4-7-10-13-16-18-20-22-24-25-26-27-28-29-30-31-32-33-34-35-36-37-38-39-41-42-44-46-49-52-55-58-64(67)70-61-62(60-69-63(66)57-54-51-48-15-12-9-6-3)71-65(68)59-56-53-50-47-45-43-40-23-21-19-17-14-11-8-5-2/h7,10,16-19,22-24,26-27,29-30,32-33,35-36,40,62H,4-6,8-9,11-15,20-21,25,28,31,34,37-39,41-61H2,1-3H3/b10-7-,18-16-,19-17-,24-22-,27-26-,30-29-,33-32-,36-35-,40-23-. The maximum Gasteiger partial charge on any atom is 0.306 e. The molecule has 0 radical (unpaired) electrons. The number of allylic oxidation sites excluding steroid dienone is 18. The average molecular weight is 986 g/mol. The van der Waals surface area contributed by atoms with Crippen molar-refractivity contribution in [2.75, 3.05) is 13.2 Å². The van der Waals surface area contributed by atoms with Gasteiger partial charge in [-0.1, -0.05) is 246 Å². The van der Waals surface area contributed by atoms with E-state index in [0.717, 1.165) is 135 Å². The Morgan fingerprint density at radius 1 is 0.296 bits per heavy atom. The van der Waals surface area contributed by atoms with Crippen LogP contribution in [-0.4, -0.2) is 37.2 Å². The lowest BCUT2D eigenvalue weighted by Gasteiger charge is -2.18. The van der Waals surface area contributed by atoms with Crippen LogP contribution in [0.4, 0.5) is 0 Å². The van der Waals surface area contributed by atoms with Crippen molar-refractivity contribution in [3.8, 4) is 0 Å². The monoisotopic (exact) mass is 985 g/mol. The molecule has 6 heteroatoms. The Morgan fingerprint density at radius 2 is 0.549 bits per heavy atom. The Morgan fingerprint density at radius 3 is 0.887 bits per heavy atom. The topological polar surface area (TPSA) is 78.9 Å². The van der Waals surface area contributed by atoms with Crippen LogP contribution in [0.3, 0.4) is 0 Å². The van der Waals surface area contributed by atoms with Gasteiger partial charge < -0.3 is 14.2 Å². The minimum Gasteiger partial charge on any atom is -0.462 e. The molecule has 0 bridgehead atoms. The van der Waals surface area contributed by atoms with E-state index in [1.165, 1.54) is 89.9 Å². The molecule has 1 atom stereocenters. The van der Waals surface area contributed by atoms with Gasteiger partial charge >= 0.3 is 17.9 Å². The molecule has 0 saturated carbocycles. The van der Waals surface area contributed by atoms with E-state index in [2.05, 4.69) is 130 Å². The number of rotatable bonds is 52. The van der Waals surface area contributed by atoms with Crippen LogP contribution in [0, 0.1) is 0 Å². The van der Waals surface area contributed by atoms with Crippen LogP contribution < -0.4 is 0 Å². The summed E-state index contributed by atoms with van der Waals surface area (Å²) in [4.78, 5) is 37.9. The Kier molecular flexibility index (Phi) is 55.4. The molecule has 0 rings (SSSR count). The number of carbonyl (C=O) groups is 3. The van der Waals surface area contributed by atoms with Gasteiger partial charge in [0.2, 0.25) is 0 Å². The molecule has 404 valence electrons. The van der Waals surface area contributed by atoms with Crippen molar-refractivity contribution < 1.29 is 28.6 Å². The Balaban J connectivity index is 4.15. The molecule has 0 aromatic carbocycles. The van der Waals surface area contributed by atoms with Crippen LogP contribution in [0.25, 0.3) is 0 Å². The van der Waals surface area contributed by atoms with Crippen LogP contribution in [0.5, 0.6) is 0 Å². The zero-order valence-corrected chi connectivity index (χ0v) is 46.2. The Labute approximate surface area is 438 Å². The van der Waals surface area contributed by atoms with Crippen molar-refractivity contribution in [1.29, 1.82) is 0 Å². The summed E-state index contributed by atoms with van der Waals surface area (Å²) in [6.07, 6.45) is 79.6. The number of hydrogen-bond donors (Lipinski definition) is 0. The molecule has 0 aliphatic rings. The second kappa shape index (κ2) is 58.6. The van der Waals surface area contributed by atoms with Crippen molar-refractivity contribution in [3.63, 3.8) is 0 Å². The third kappa shape index (κ3) is 56.9. The lowest BCUT2D eigenvalue weighted by molar-refractivity contribution is -0.167. The second-order valence-electron chi connectivity index (χ2n) is 19.2. The predicted octanol–water partition coefficient (Wildman–Crippen LogP) is 19.9. The number of ether oxygens (including phenoxy) is 3. The third-order valence-electron chi connectivity index (χ3n) is 12.3. The van der Waals surface area contributed by atoms with Gasteiger partial charge in [0.05, 0.1) is 0 Å². The quantitative estimate of drug-likeness (QED) is 0.0261. The van der Waals surface area contributed by atoms with Gasteiger partial charge in [0.15, 0.2) is 6.10 Å². The van der Waals surface area contributed by atoms with Crippen LogP contribution in [0.15, 0.2) is 109 Å². The molecular formula is C65H108O6. The molecule has 0 saturated heterocycles. The van der Waals surface area contributed by atoms with Crippen LogP contribution in [0.2, 0.25) is 0 Å². The van der Waals surface area contributed by atoms with Crippen molar-refractivity contribution in [2.45, 2.75) is 271 Å². The molecule has 0 aliphatic heterocycles. The van der Waals surface area contributed by atoms with Gasteiger partial charge in [0.1, 0.15) is 13.2 Å². The summed E-state index contributed by atoms with van der Waals surface area (Å²) in [5.74, 6) is -0.912. The maximum atomic E-state index is 12.8. The van der Waals surface area contributed by atoms with Crippen molar-refractivity contribution >= 4 is 17.9 Å². The van der Waals surface area contributed by atoms with Gasteiger partial charge in [-0.25, -0.2) is 0 Å². The molecule has 0 N–H and O–H groups in total. The summed E-state index contributed by atoms with van der Waals surface area (Å²) in [6, 6.07) is 0. The van der Waals surface area contributed by atoms with E-state index in [-0.39, 0.29) is 31.1 Å². The zero-order chi connectivity index (χ0) is 51.4. The first kappa shape index (κ1) is 67.1. The Bertz CT molecular complexity index is 1460. The van der Waals surface area contributed by atoms with Crippen molar-refractivity contribution in [1.82, 2.24) is 0 Å². The van der Waals surface area contributed by atoms with E-state index in [1.807, 2.05) is 0 Å². The van der Waals surface area contributed by atoms with Crippen LogP contribution in [0.1, 0.15) is 265 Å². The predicted molar refractivity (Wildman–Crippen MR) is 307 cm³/mol. The van der Waals surface area contributed by atoms with E-state index in [0.29, 0.717) is 19.3 Å². The first-order chi connectivity index (χ1) is 35.0. The van der Waals surface area contributed by atoms with E-state index < -0.39 is 6.10 Å². The third-order valence-corrected chi connectivity index (χ3v) is 12.3. The molecule has 0 amide bonds. The van der Waals surface area contributed by atoms with E-state index in [1.54, 1.807) is 0 Å². The zero-order valence-electron chi connectivity index (χ0n) is 46.2. The average Bonchev–Trinajstić information content (AvgIpc) is 3.37. The number of hydrogen-bond acceptors (Lipinski definition) is 6. The smallest absolute Gasteiger partial charge is 0.306 e. The molecule has 1 unspecified atom stereocenters. The minimum absolute atomic E-state index is 0.0850. The van der Waals surface area contributed by atoms with Gasteiger partial charge in [-0.15, -0.1) is 0 Å². The molecule has 6 nitrogen and oxygen atoms in total. The highest BCUT2D eigenvalue weighted by Gasteiger charge is 2.19. The van der Waals surface area contributed by atoms with Gasteiger partial charge in [0.25, 0.3) is 0 Å². The fourth-order valence-electron chi connectivity index (χ4n) is 7.86. The van der Waals surface area contributed by atoms with Crippen LogP contribution in [-0.2, 0) is 28.6 Å². The molecule has 0 aliphatic carbocycles. The first-order valence-electron chi connectivity index (χ1n) is 29.4. The summed E-state index contributed by atoms with van der Waals surface area (Å²) in [5, 5.41) is 0. The molecule has 0 heterocycles. The summed E-state index contributed by atoms with van der Waals surface area (Å²) < 4.78 is 16.8. The fraction of sp³-hybridized carbons (Fsp3) is 0.677. The molecule has 0 spiro atoms. The maximum absolute atomic E-state index is 12.8. The lowest BCUT2D eigenvalue weighted by atomic mass is 10.1. The lowest BCUT2D eigenvalue weighted by Crippen LogP contribution is -2.30. The van der Waals surface area contributed by atoms with E-state index >= 15 is 0 Å². The summed E-state index contributed by atoms with van der Waals surface area (Å²) in [5.41, 5.74) is 0. The highest BCUT2D eigenvalue weighted by molar-refractivity contribution is 5.71. The normalized spacial score (nSPS) is 12.9. The summed E-state index contributed by atoms with van der Waals surface area (Å²) in [7, 11) is 0. The largest absolute Gasteiger partial charge is 0.462 e. The summed E-state index contributed by atoms with van der Waals surface area (Å²) >= 11 is 0. The first-order valence-corrected chi connectivity index (χ1v) is 29.4. The number of esters is 3. The highest BCUT2D eigenvalue weighted by Crippen LogP contribution is 2.14. The molecule has 0 aromatic heterocycles. The summed E-state index contributed by atoms with van der Waals surface area (Å²) in [6.45, 7) is 6.44. The molecule has 0 aromatic rings. The van der Waals surface area contributed by atoms with E-state index in [4.69, 9.17) is 14.2 Å². The van der Waals surface area contributed by atoms with Gasteiger partial charge in [-0.3, -0.25) is 14.4 Å². The molecular weight excluding hydrogens is 877 g/mol. The van der Waals surface area contributed by atoms with Gasteiger partial charge in [0, 0.05) is 19.3 Å². The number of unbranched alkanes of at least 4 members (excludes halogenated alkanes) is 23. The van der Waals surface area contributed by atoms with Crippen molar-refractivity contribution in [2.24, 2.45) is 0 Å². The highest BCUT2D eigenvalue weighted by atomic mass is 16.6. The fourth-order valence-corrected chi connectivity index (χ4v) is 7.86. The van der Waals surface area contributed by atoms with Gasteiger partial charge in [-0.05, 0) is 109 Å².